The zero-order valence-electron chi connectivity index (χ0n) is 15.5. The highest BCUT2D eigenvalue weighted by atomic mass is 19.4. The fraction of sp³-hybridized carbons (Fsp3) is 0.222. The number of aromatic nitrogens is 4. The van der Waals surface area contributed by atoms with Crippen LogP contribution in [-0.4, -0.2) is 31.4 Å². The lowest BCUT2D eigenvalue weighted by molar-refractivity contribution is -0.143. The van der Waals surface area contributed by atoms with E-state index in [2.05, 4.69) is 20.8 Å². The van der Waals surface area contributed by atoms with E-state index in [9.17, 15) is 22.8 Å². The van der Waals surface area contributed by atoms with E-state index in [0.29, 0.717) is 28.7 Å². The Morgan fingerprint density at radius 3 is 2.31 bits per heavy atom. The maximum atomic E-state index is 12.9. The molecule has 152 valence electrons. The van der Waals surface area contributed by atoms with Crippen LogP contribution in [0.4, 0.5) is 24.5 Å². The first-order valence-electron chi connectivity index (χ1n) is 8.55. The fourth-order valence-corrected chi connectivity index (χ4v) is 2.69. The summed E-state index contributed by atoms with van der Waals surface area (Å²) in [5, 5.41) is 12.8. The van der Waals surface area contributed by atoms with Gasteiger partial charge in [0.2, 0.25) is 0 Å². The molecule has 8 nitrogen and oxygen atoms in total. The molecule has 0 aliphatic carbocycles. The summed E-state index contributed by atoms with van der Waals surface area (Å²) in [5.41, 5.74) is -0.350. The van der Waals surface area contributed by atoms with Crippen molar-refractivity contribution < 1.29 is 22.8 Å². The Balaban J connectivity index is 1.73. The van der Waals surface area contributed by atoms with Crippen molar-refractivity contribution in [3.8, 4) is 0 Å². The summed E-state index contributed by atoms with van der Waals surface area (Å²) in [5.74, 6) is -1.18. The van der Waals surface area contributed by atoms with Gasteiger partial charge in [-0.15, -0.1) is 0 Å². The molecule has 0 saturated carbocycles. The number of halogens is 3. The first kappa shape index (κ1) is 20.1. The van der Waals surface area contributed by atoms with Crippen molar-refractivity contribution in [1.82, 2.24) is 19.6 Å². The van der Waals surface area contributed by atoms with E-state index in [4.69, 9.17) is 0 Å². The first-order chi connectivity index (χ1) is 13.7. The highest BCUT2D eigenvalue weighted by Gasteiger charge is 2.35. The lowest BCUT2D eigenvalue weighted by Crippen LogP contribution is -2.17. The molecular weight excluding hydrogens is 389 g/mol. The second-order valence-corrected chi connectivity index (χ2v) is 6.06. The van der Waals surface area contributed by atoms with Crippen LogP contribution in [0.3, 0.4) is 0 Å². The second kappa shape index (κ2) is 7.78. The Labute approximate surface area is 163 Å². The third-order valence-corrected chi connectivity index (χ3v) is 4.03. The molecule has 0 spiro atoms. The lowest BCUT2D eigenvalue weighted by Gasteiger charge is -2.09. The lowest BCUT2D eigenvalue weighted by atomic mass is 10.2. The van der Waals surface area contributed by atoms with Gasteiger partial charge in [-0.3, -0.25) is 19.0 Å². The number of aryl methyl sites for hydroxylation is 2. The number of anilines is 2. The summed E-state index contributed by atoms with van der Waals surface area (Å²) < 4.78 is 40.7. The molecule has 0 fully saturated rings. The van der Waals surface area contributed by atoms with E-state index >= 15 is 0 Å². The number of amides is 2. The zero-order valence-corrected chi connectivity index (χ0v) is 15.5. The van der Waals surface area contributed by atoms with Crippen molar-refractivity contribution in [1.29, 1.82) is 0 Å². The molecule has 0 aliphatic rings. The molecule has 0 aliphatic heterocycles. The smallest absolute Gasteiger partial charge is 0.321 e. The van der Waals surface area contributed by atoms with Crippen LogP contribution in [-0.2, 0) is 19.8 Å². The number of alkyl halides is 3. The van der Waals surface area contributed by atoms with Gasteiger partial charge in [-0.2, -0.15) is 23.4 Å². The molecule has 2 amide bonds. The van der Waals surface area contributed by atoms with Gasteiger partial charge in [0.15, 0.2) is 5.69 Å². The van der Waals surface area contributed by atoms with Crippen molar-refractivity contribution in [2.45, 2.75) is 19.6 Å². The molecule has 0 radical (unpaired) electrons. The van der Waals surface area contributed by atoms with Gasteiger partial charge in [0.1, 0.15) is 11.4 Å². The van der Waals surface area contributed by atoms with Gasteiger partial charge in [-0.05, 0) is 31.2 Å². The van der Waals surface area contributed by atoms with Gasteiger partial charge >= 0.3 is 6.18 Å². The van der Waals surface area contributed by atoms with Gasteiger partial charge in [0, 0.05) is 37.2 Å². The summed E-state index contributed by atoms with van der Waals surface area (Å²) in [6.45, 7) is 2.37. The number of benzene rings is 1. The molecule has 2 aromatic heterocycles. The quantitative estimate of drug-likeness (QED) is 0.681. The summed E-state index contributed by atoms with van der Waals surface area (Å²) >= 11 is 0. The molecule has 2 heterocycles. The topological polar surface area (TPSA) is 93.8 Å². The Hall–Kier alpha value is -3.63. The van der Waals surface area contributed by atoms with Crippen LogP contribution in [0.25, 0.3) is 0 Å². The Kier molecular flexibility index (Phi) is 5.39. The Bertz CT molecular complexity index is 1050. The van der Waals surface area contributed by atoms with Crippen LogP contribution in [0.15, 0.2) is 42.6 Å². The molecule has 11 heteroatoms. The average molecular weight is 406 g/mol. The molecule has 2 N–H and O–H groups in total. The SMILES string of the molecule is CCn1nccc1C(=O)Nc1cccc(NC(=O)c2cc(C(F)(F)F)n(C)n2)c1. The molecule has 1 aromatic carbocycles. The van der Waals surface area contributed by atoms with E-state index in [1.807, 2.05) is 6.92 Å². The van der Waals surface area contributed by atoms with Crippen LogP contribution >= 0.6 is 0 Å². The third kappa shape index (κ3) is 4.45. The van der Waals surface area contributed by atoms with Gasteiger partial charge in [-0.25, -0.2) is 0 Å². The summed E-state index contributed by atoms with van der Waals surface area (Å²) in [7, 11) is 1.11. The van der Waals surface area contributed by atoms with Gasteiger partial charge in [-0.1, -0.05) is 6.07 Å². The number of hydrogen-bond acceptors (Lipinski definition) is 4. The van der Waals surface area contributed by atoms with Gasteiger partial charge in [0.25, 0.3) is 11.8 Å². The predicted octanol–water partition coefficient (Wildman–Crippen LogP) is 3.16. The fourth-order valence-electron chi connectivity index (χ4n) is 2.69. The second-order valence-electron chi connectivity index (χ2n) is 6.06. The summed E-state index contributed by atoms with van der Waals surface area (Å²) in [6, 6.07) is 8.47. The average Bonchev–Trinajstić information content (AvgIpc) is 3.28. The van der Waals surface area contributed by atoms with Crippen molar-refractivity contribution in [2.24, 2.45) is 7.05 Å². The largest absolute Gasteiger partial charge is 0.433 e. The number of carbonyl (C=O) groups is 2. The highest BCUT2D eigenvalue weighted by molar-refractivity contribution is 6.05. The highest BCUT2D eigenvalue weighted by Crippen LogP contribution is 2.29. The van der Waals surface area contributed by atoms with Crippen molar-refractivity contribution in [3.63, 3.8) is 0 Å². The summed E-state index contributed by atoms with van der Waals surface area (Å²) in [6.07, 6.45) is -3.10. The first-order valence-corrected chi connectivity index (χ1v) is 8.55. The molecule has 0 saturated heterocycles. The monoisotopic (exact) mass is 406 g/mol. The van der Waals surface area contributed by atoms with Crippen LogP contribution < -0.4 is 10.6 Å². The minimum absolute atomic E-state index is 0.288. The molecule has 29 heavy (non-hydrogen) atoms. The van der Waals surface area contributed by atoms with Crippen molar-refractivity contribution in [3.05, 3.63) is 59.7 Å². The predicted molar refractivity (Wildman–Crippen MR) is 98.5 cm³/mol. The van der Waals surface area contributed by atoms with Crippen molar-refractivity contribution in [2.75, 3.05) is 10.6 Å². The van der Waals surface area contributed by atoms with Crippen LogP contribution in [0, 0.1) is 0 Å². The van der Waals surface area contributed by atoms with Crippen LogP contribution in [0.2, 0.25) is 0 Å². The van der Waals surface area contributed by atoms with Crippen molar-refractivity contribution >= 4 is 23.2 Å². The third-order valence-electron chi connectivity index (χ3n) is 4.03. The maximum Gasteiger partial charge on any atom is 0.433 e. The Morgan fingerprint density at radius 1 is 1.07 bits per heavy atom. The van der Waals surface area contributed by atoms with E-state index in [1.54, 1.807) is 18.2 Å². The normalized spacial score (nSPS) is 11.3. The standard InChI is InChI=1S/C18H17F3N6O2/c1-3-27-14(7-8-22-27)17(29)24-12-6-4-5-11(9-12)23-16(28)13-10-15(18(19,20)21)26(2)25-13/h4-10H,3H2,1-2H3,(H,23,28)(H,24,29). The molecule has 3 aromatic rings. The molecular formula is C18H17F3N6O2. The minimum atomic E-state index is -4.62. The Morgan fingerprint density at radius 2 is 1.72 bits per heavy atom. The number of rotatable bonds is 5. The number of nitrogens with one attached hydrogen (secondary N) is 2. The van der Waals surface area contributed by atoms with Gasteiger partial charge < -0.3 is 10.6 Å². The molecule has 0 unspecified atom stereocenters. The van der Waals surface area contributed by atoms with E-state index in [0.717, 1.165) is 7.05 Å². The zero-order chi connectivity index (χ0) is 21.2. The van der Waals surface area contributed by atoms with E-state index in [1.165, 1.54) is 23.0 Å². The molecule has 0 bridgehead atoms. The number of nitrogens with zero attached hydrogens (tertiary/aromatic N) is 4. The van der Waals surface area contributed by atoms with Gasteiger partial charge in [0.05, 0.1) is 0 Å². The van der Waals surface area contributed by atoms with Crippen LogP contribution in [0.1, 0.15) is 33.6 Å². The van der Waals surface area contributed by atoms with Crippen LogP contribution in [0.5, 0.6) is 0 Å². The molecule has 0 atom stereocenters. The molecule has 3 rings (SSSR count). The number of carbonyl (C=O) groups excluding carboxylic acids is 2. The van der Waals surface area contributed by atoms with E-state index < -0.39 is 17.8 Å². The number of hydrogen-bond donors (Lipinski definition) is 2. The maximum absolute atomic E-state index is 12.9. The minimum Gasteiger partial charge on any atom is -0.321 e. The summed E-state index contributed by atoms with van der Waals surface area (Å²) in [4.78, 5) is 24.6. The van der Waals surface area contributed by atoms with E-state index in [-0.39, 0.29) is 17.3 Å².